The molecule has 4 aromatic rings. The number of nitrogens with zero attached hydrogens (tertiary/aromatic N) is 5. The lowest BCUT2D eigenvalue weighted by atomic mass is 9.88. The van der Waals surface area contributed by atoms with Crippen LogP contribution in [0.25, 0.3) is 27.8 Å². The summed E-state index contributed by atoms with van der Waals surface area (Å²) in [5, 5.41) is 14.5. The smallest absolute Gasteiger partial charge is 0.257 e. The molecule has 3 unspecified atom stereocenters. The molecular weight excluding hydrogens is 944 g/mol. The van der Waals surface area contributed by atoms with Gasteiger partial charge in [-0.3, -0.25) is 14.4 Å². The Kier molecular flexibility index (Phi) is 19.9. The fraction of sp³-hybridized carbons (Fsp3) is 0.519. The van der Waals surface area contributed by atoms with E-state index in [9.17, 15) is 23.6 Å². The molecule has 0 bridgehead atoms. The number of carbonyl (C=O) groups is 4. The van der Waals surface area contributed by atoms with Gasteiger partial charge in [-0.1, -0.05) is 44.1 Å². The van der Waals surface area contributed by atoms with Crippen LogP contribution in [-0.2, 0) is 28.7 Å². The van der Waals surface area contributed by atoms with Gasteiger partial charge < -0.3 is 49.7 Å². The fourth-order valence-electron chi connectivity index (χ4n) is 8.11. The van der Waals surface area contributed by atoms with Crippen LogP contribution in [0.15, 0.2) is 75.5 Å². The number of allylic oxidation sites excluding steroid dienone is 3. The molecule has 0 radical (unpaired) electrons. The van der Waals surface area contributed by atoms with E-state index in [-0.39, 0.29) is 41.3 Å². The number of nitrogens with two attached hydrogens (primary N) is 2. The van der Waals surface area contributed by atoms with Crippen molar-refractivity contribution in [1.82, 2.24) is 36.1 Å². The third-order valence-corrected chi connectivity index (χ3v) is 14.2. The molecule has 2 aliphatic heterocycles. The highest BCUT2D eigenvalue weighted by Crippen LogP contribution is 2.40. The van der Waals surface area contributed by atoms with Crippen LogP contribution in [0.4, 0.5) is 4.39 Å². The van der Waals surface area contributed by atoms with Gasteiger partial charge in [-0.25, -0.2) is 20.8 Å². The van der Waals surface area contributed by atoms with Crippen LogP contribution < -0.4 is 32.5 Å². The molecule has 1 saturated carbocycles. The van der Waals surface area contributed by atoms with Gasteiger partial charge in [0.2, 0.25) is 12.3 Å². The summed E-state index contributed by atoms with van der Waals surface area (Å²) in [6.45, 7) is 14.3. The maximum Gasteiger partial charge on any atom is 0.257 e. The standard InChI is InChI=1S/C22H29N3O5S.C20H24N6O2.C10H18FNO/c1-16-21(31-14-24-16)17-5-6-18(20(12-17)30-11-10-29-9-3-8-26)13-23-22(28)19-4-2-7-25(19)15-27;1-26-9-7-15(8-10-26)27-16-4-2-3-13(11-16)19-17-12-14(20(21)23-25-22)5-6-18(17)24-28-19;1-7(9(2,3)4)12-8(13)10(11)5-6-10/h5,8,12,14-15,18-19H,2-4,6-7,9-11,13H2,1H3,(H,23,28);2-6,11-12,15,25H,7-10,22H2,1H3,(H2,21,23);7H,5-6H2,1-4H3,(H,12,13). The minimum Gasteiger partial charge on any atom is -0.495 e. The first-order valence-corrected chi connectivity index (χ1v) is 25.5. The SMILES string of the molecule is CC(NC(=O)C1(F)CC1)C(C)(C)C.CN1CCC(Oc2cccc(-c3onc4ccc(/C(N)=N/NN)cc34)c2)CC1.Cc1ncsc1C1=CCC(CNC(=O)C2CCCN2C=O)C(OCCOCCC=O)=C1. The lowest BCUT2D eigenvalue weighted by Gasteiger charge is -2.29. The first-order valence-electron chi connectivity index (χ1n) is 24.6. The number of hydrazone groups is 1. The number of nitrogens with one attached hydrogen (secondary N) is 3. The Bertz CT molecular complexity index is 2540. The number of carbonyl (C=O) groups excluding carboxylic acids is 4. The second-order valence-electron chi connectivity index (χ2n) is 19.6. The normalized spacial score (nSPS) is 19.3. The number of benzene rings is 2. The number of hydrazine groups is 1. The van der Waals surface area contributed by atoms with Gasteiger partial charge >= 0.3 is 0 Å². The Morgan fingerprint density at radius 1 is 1.08 bits per heavy atom. The van der Waals surface area contributed by atoms with E-state index in [4.69, 9.17) is 30.3 Å². The van der Waals surface area contributed by atoms with E-state index < -0.39 is 11.6 Å². The fourth-order valence-corrected chi connectivity index (χ4v) is 8.93. The van der Waals surface area contributed by atoms with Crippen molar-refractivity contribution in [2.24, 2.45) is 28.0 Å². The quantitative estimate of drug-likeness (QED) is 0.0176. The van der Waals surface area contributed by atoms with E-state index in [1.165, 1.54) is 0 Å². The van der Waals surface area contributed by atoms with Crippen LogP contribution in [0.1, 0.15) is 95.2 Å². The first kappa shape index (κ1) is 55.1. The van der Waals surface area contributed by atoms with Crippen molar-refractivity contribution in [1.29, 1.82) is 0 Å². The number of ether oxygens (including phenoxy) is 3. The third kappa shape index (κ3) is 15.4. The number of hydrogen-bond donors (Lipinski definition) is 5. The summed E-state index contributed by atoms with van der Waals surface area (Å²) in [5.41, 5.74) is 12.8. The molecule has 2 aliphatic carbocycles. The summed E-state index contributed by atoms with van der Waals surface area (Å²) < 4.78 is 36.5. The van der Waals surface area contributed by atoms with Crippen LogP contribution in [0.5, 0.6) is 5.75 Å². The molecule has 7 N–H and O–H groups in total. The zero-order valence-corrected chi connectivity index (χ0v) is 43.1. The molecule has 2 aromatic heterocycles. The lowest BCUT2D eigenvalue weighted by molar-refractivity contribution is -0.131. The van der Waals surface area contributed by atoms with Crippen molar-refractivity contribution in [2.75, 3.05) is 53.0 Å². The van der Waals surface area contributed by atoms with Crippen LogP contribution in [0.2, 0.25) is 0 Å². The van der Waals surface area contributed by atoms with Crippen molar-refractivity contribution >= 4 is 58.2 Å². The van der Waals surface area contributed by atoms with E-state index in [1.54, 1.807) is 16.2 Å². The number of halogens is 1. The molecule has 8 rings (SSSR count). The van der Waals surface area contributed by atoms with E-state index in [1.807, 2.05) is 88.7 Å². The van der Waals surface area contributed by atoms with Crippen molar-refractivity contribution in [3.05, 3.63) is 82.0 Å². The van der Waals surface area contributed by atoms with Gasteiger partial charge in [0.15, 0.2) is 17.3 Å². The zero-order chi connectivity index (χ0) is 51.8. The highest BCUT2D eigenvalue weighted by molar-refractivity contribution is 7.11. The van der Waals surface area contributed by atoms with Gasteiger partial charge in [-0.15, -0.1) is 16.4 Å². The highest BCUT2D eigenvalue weighted by atomic mass is 32.1. The van der Waals surface area contributed by atoms with Gasteiger partial charge in [0, 0.05) is 55.7 Å². The predicted octanol–water partition coefficient (Wildman–Crippen LogP) is 6.19. The summed E-state index contributed by atoms with van der Waals surface area (Å²) in [7, 11) is 2.14. The Morgan fingerprint density at radius 3 is 2.54 bits per heavy atom. The van der Waals surface area contributed by atoms with Crippen molar-refractivity contribution in [2.45, 2.75) is 110 Å². The Labute approximate surface area is 425 Å². The monoisotopic (exact) mass is 1010 g/mol. The largest absolute Gasteiger partial charge is 0.495 e. The molecule has 3 amide bonds. The Balaban J connectivity index is 0.000000190. The number of piperidine rings is 1. The summed E-state index contributed by atoms with van der Waals surface area (Å²) >= 11 is 1.59. The molecular formula is C52H71FN10O8S. The number of aromatic nitrogens is 2. The maximum absolute atomic E-state index is 13.2. The molecule has 18 nitrogen and oxygen atoms in total. The van der Waals surface area contributed by atoms with E-state index in [2.05, 4.69) is 49.4 Å². The van der Waals surface area contributed by atoms with Gasteiger partial charge in [-0.2, -0.15) is 0 Å². The first-order chi connectivity index (χ1) is 34.5. The lowest BCUT2D eigenvalue weighted by Crippen LogP contribution is -2.45. The molecule has 2 aromatic carbocycles. The molecule has 2 saturated heterocycles. The average molecular weight is 1020 g/mol. The molecule has 3 fully saturated rings. The van der Waals surface area contributed by atoms with Gasteiger partial charge in [0.25, 0.3) is 5.91 Å². The summed E-state index contributed by atoms with van der Waals surface area (Å²) in [4.78, 5) is 54.7. The van der Waals surface area contributed by atoms with Gasteiger partial charge in [-0.05, 0) is 113 Å². The Morgan fingerprint density at radius 2 is 1.86 bits per heavy atom. The Hall–Kier alpha value is -6.22. The number of thiazole rings is 1. The molecule has 72 heavy (non-hydrogen) atoms. The second-order valence-corrected chi connectivity index (χ2v) is 20.5. The van der Waals surface area contributed by atoms with Crippen LogP contribution in [0.3, 0.4) is 0 Å². The molecule has 3 atom stereocenters. The van der Waals surface area contributed by atoms with Crippen molar-refractivity contribution < 1.29 is 42.3 Å². The predicted molar refractivity (Wildman–Crippen MR) is 276 cm³/mol. The highest BCUT2D eigenvalue weighted by Gasteiger charge is 2.51. The molecule has 390 valence electrons. The number of fused-ring (bicyclic) bond motifs is 1. The minimum absolute atomic E-state index is 0.00184. The zero-order valence-electron chi connectivity index (χ0n) is 42.3. The van der Waals surface area contributed by atoms with E-state index >= 15 is 0 Å². The van der Waals surface area contributed by atoms with Crippen LogP contribution in [0, 0.1) is 18.3 Å². The summed E-state index contributed by atoms with van der Waals surface area (Å²) in [6.07, 6.45) is 11.5. The topological polar surface area (TPSA) is 242 Å². The average Bonchev–Trinajstić information content (AvgIpc) is 3.68. The number of aldehydes is 1. The second kappa shape index (κ2) is 25.9. The van der Waals surface area contributed by atoms with Crippen LogP contribution >= 0.6 is 11.3 Å². The minimum atomic E-state index is -1.54. The van der Waals surface area contributed by atoms with Gasteiger partial charge in [0.1, 0.15) is 42.1 Å². The number of rotatable bonds is 19. The number of alkyl halides is 1. The molecule has 20 heteroatoms. The number of aryl methyl sites for hydroxylation is 1. The van der Waals surface area contributed by atoms with Crippen LogP contribution in [-0.4, -0.2) is 127 Å². The number of hydrogen-bond acceptors (Lipinski definition) is 15. The van der Waals surface area contributed by atoms with E-state index in [0.717, 1.165) is 101 Å². The van der Waals surface area contributed by atoms with E-state index in [0.29, 0.717) is 64.4 Å². The molecule has 4 aliphatic rings. The summed E-state index contributed by atoms with van der Waals surface area (Å²) in [5.74, 6) is 7.25. The molecule has 0 spiro atoms. The maximum atomic E-state index is 13.2. The number of amides is 3. The molecule has 4 heterocycles. The summed E-state index contributed by atoms with van der Waals surface area (Å²) in [6, 6.07) is 13.1. The van der Waals surface area contributed by atoms with Gasteiger partial charge in [0.05, 0.1) is 34.7 Å². The number of likely N-dealkylation sites (tertiary alicyclic amines) is 2. The third-order valence-electron chi connectivity index (χ3n) is 13.2. The number of amidine groups is 1. The van der Waals surface area contributed by atoms with Crippen molar-refractivity contribution in [3.63, 3.8) is 0 Å². The van der Waals surface area contributed by atoms with Crippen molar-refractivity contribution in [3.8, 4) is 17.1 Å².